The largest absolute Gasteiger partial charge is 0.465 e. The first kappa shape index (κ1) is 24.6. The van der Waals surface area contributed by atoms with E-state index in [1.165, 1.54) is 18.4 Å². The summed E-state index contributed by atoms with van der Waals surface area (Å²) in [5.41, 5.74) is 0.623. The number of nitrogens with zero attached hydrogens (tertiary/aromatic N) is 2. The molecule has 7 nitrogen and oxygen atoms in total. The number of thioether (sulfide) groups is 1. The molecule has 0 saturated heterocycles. The van der Waals surface area contributed by atoms with E-state index >= 15 is 0 Å². The van der Waals surface area contributed by atoms with Crippen LogP contribution in [0.1, 0.15) is 20.8 Å². The van der Waals surface area contributed by atoms with Crippen molar-refractivity contribution in [2.45, 2.75) is 19.0 Å². The SMILES string of the molecule is COC(=O)c1c(NC(=O)CSc2nc3ccccc3c(=O)n2-c2ccc(F)cc2F)sc(C)c1C. The van der Waals surface area contributed by atoms with Gasteiger partial charge in [0.15, 0.2) is 5.16 Å². The van der Waals surface area contributed by atoms with Gasteiger partial charge in [-0.25, -0.2) is 18.6 Å². The van der Waals surface area contributed by atoms with Crippen molar-refractivity contribution in [2.24, 2.45) is 0 Å². The van der Waals surface area contributed by atoms with Crippen LogP contribution in [-0.4, -0.2) is 34.3 Å². The highest BCUT2D eigenvalue weighted by atomic mass is 32.2. The van der Waals surface area contributed by atoms with Crippen molar-refractivity contribution < 1.29 is 23.1 Å². The van der Waals surface area contributed by atoms with Gasteiger partial charge < -0.3 is 10.1 Å². The maximum atomic E-state index is 14.6. The number of anilines is 1. The van der Waals surface area contributed by atoms with Gasteiger partial charge in [0, 0.05) is 10.9 Å². The lowest BCUT2D eigenvalue weighted by Gasteiger charge is -2.14. The molecule has 0 atom stereocenters. The number of aryl methyl sites for hydroxylation is 1. The summed E-state index contributed by atoms with van der Waals surface area (Å²) >= 11 is 2.15. The molecule has 2 aromatic heterocycles. The molecule has 0 aliphatic carbocycles. The Labute approximate surface area is 206 Å². The molecule has 1 N–H and O–H groups in total. The van der Waals surface area contributed by atoms with E-state index < -0.39 is 29.1 Å². The van der Waals surface area contributed by atoms with Gasteiger partial charge in [-0.1, -0.05) is 23.9 Å². The molecule has 2 heterocycles. The van der Waals surface area contributed by atoms with Gasteiger partial charge in [0.25, 0.3) is 5.56 Å². The fourth-order valence-electron chi connectivity index (χ4n) is 3.44. The van der Waals surface area contributed by atoms with E-state index in [9.17, 15) is 23.2 Å². The van der Waals surface area contributed by atoms with Crippen LogP contribution in [0.15, 0.2) is 52.4 Å². The minimum absolute atomic E-state index is 0.0566. The van der Waals surface area contributed by atoms with E-state index in [2.05, 4.69) is 10.3 Å². The lowest BCUT2D eigenvalue weighted by molar-refractivity contribution is -0.113. The maximum absolute atomic E-state index is 14.6. The number of esters is 1. The lowest BCUT2D eigenvalue weighted by Crippen LogP contribution is -2.24. The average Bonchev–Trinajstić information content (AvgIpc) is 3.10. The number of nitrogens with one attached hydrogen (secondary N) is 1. The molecule has 1 amide bonds. The highest BCUT2D eigenvalue weighted by molar-refractivity contribution is 7.99. The minimum Gasteiger partial charge on any atom is -0.465 e. The topological polar surface area (TPSA) is 90.3 Å². The molecular weight excluding hydrogens is 496 g/mol. The third kappa shape index (κ3) is 4.82. The smallest absolute Gasteiger partial charge is 0.341 e. The van der Waals surface area contributed by atoms with Gasteiger partial charge in [-0.15, -0.1) is 11.3 Å². The summed E-state index contributed by atoms with van der Waals surface area (Å²) in [5.74, 6) is -2.95. The number of fused-ring (bicyclic) bond motifs is 1. The fraction of sp³-hybridized carbons (Fsp3) is 0.167. The number of hydrogen-bond donors (Lipinski definition) is 1. The van der Waals surface area contributed by atoms with Crippen LogP contribution < -0.4 is 10.9 Å². The molecule has 0 aliphatic rings. The Morgan fingerprint density at radius 1 is 1.17 bits per heavy atom. The second-order valence-electron chi connectivity index (χ2n) is 7.46. The quantitative estimate of drug-likeness (QED) is 0.224. The number of aromatic nitrogens is 2. The van der Waals surface area contributed by atoms with Crippen molar-refractivity contribution in [2.75, 3.05) is 18.2 Å². The van der Waals surface area contributed by atoms with E-state index in [4.69, 9.17) is 4.74 Å². The van der Waals surface area contributed by atoms with Crippen molar-refractivity contribution in [3.63, 3.8) is 0 Å². The highest BCUT2D eigenvalue weighted by Gasteiger charge is 2.22. The number of amides is 1. The molecule has 180 valence electrons. The van der Waals surface area contributed by atoms with Crippen LogP contribution in [-0.2, 0) is 9.53 Å². The number of carbonyl (C=O) groups excluding carboxylic acids is 2. The number of ether oxygens (including phenoxy) is 1. The van der Waals surface area contributed by atoms with Gasteiger partial charge in [0.1, 0.15) is 16.6 Å². The molecule has 11 heteroatoms. The summed E-state index contributed by atoms with van der Waals surface area (Å²) in [7, 11) is 1.26. The fourth-order valence-corrected chi connectivity index (χ4v) is 5.31. The summed E-state index contributed by atoms with van der Waals surface area (Å²) in [4.78, 5) is 43.4. The lowest BCUT2D eigenvalue weighted by atomic mass is 10.1. The molecule has 2 aromatic carbocycles. The summed E-state index contributed by atoms with van der Waals surface area (Å²) in [6, 6.07) is 9.40. The van der Waals surface area contributed by atoms with Gasteiger partial charge in [0.05, 0.1) is 35.0 Å². The van der Waals surface area contributed by atoms with Crippen molar-refractivity contribution in [1.82, 2.24) is 9.55 Å². The first-order chi connectivity index (χ1) is 16.7. The molecule has 0 spiro atoms. The zero-order valence-corrected chi connectivity index (χ0v) is 20.5. The average molecular weight is 516 g/mol. The van der Waals surface area contributed by atoms with Crippen LogP contribution >= 0.6 is 23.1 Å². The van der Waals surface area contributed by atoms with Gasteiger partial charge in [-0.3, -0.25) is 14.2 Å². The second kappa shape index (κ2) is 9.96. The third-order valence-electron chi connectivity index (χ3n) is 5.26. The van der Waals surface area contributed by atoms with Crippen molar-refractivity contribution in [1.29, 1.82) is 0 Å². The van der Waals surface area contributed by atoms with Crippen LogP contribution in [0.3, 0.4) is 0 Å². The second-order valence-corrected chi connectivity index (χ2v) is 9.63. The first-order valence-corrected chi connectivity index (χ1v) is 12.1. The molecule has 0 unspecified atom stereocenters. The van der Waals surface area contributed by atoms with Gasteiger partial charge in [0.2, 0.25) is 5.91 Å². The van der Waals surface area contributed by atoms with E-state index in [0.717, 1.165) is 33.3 Å². The zero-order valence-electron chi connectivity index (χ0n) is 18.8. The molecule has 4 aromatic rings. The number of halogens is 2. The van der Waals surface area contributed by atoms with Crippen LogP contribution in [0, 0.1) is 25.5 Å². The summed E-state index contributed by atoms with van der Waals surface area (Å²) in [5, 5.41) is 3.36. The first-order valence-electron chi connectivity index (χ1n) is 10.3. The van der Waals surface area contributed by atoms with Crippen LogP contribution in [0.25, 0.3) is 16.6 Å². The van der Waals surface area contributed by atoms with E-state index in [1.807, 2.05) is 6.92 Å². The normalized spacial score (nSPS) is 11.0. The molecule has 4 rings (SSSR count). The molecule has 0 bridgehead atoms. The molecule has 0 saturated carbocycles. The minimum atomic E-state index is -0.942. The standard InChI is InChI=1S/C24H19F2N3O4S2/c1-12-13(2)35-21(20(12)23(32)33-3)28-19(30)11-34-24-27-17-7-5-4-6-15(17)22(31)29(24)18-9-8-14(25)10-16(18)26/h4-10H,11H2,1-3H3,(H,28,30). The summed E-state index contributed by atoms with van der Waals surface area (Å²) in [6.07, 6.45) is 0. The van der Waals surface area contributed by atoms with E-state index in [0.29, 0.717) is 22.1 Å². The zero-order chi connectivity index (χ0) is 25.3. The van der Waals surface area contributed by atoms with Crippen LogP contribution in [0.4, 0.5) is 13.8 Å². The Hall–Kier alpha value is -3.57. The Morgan fingerprint density at radius 2 is 1.91 bits per heavy atom. The predicted octanol–water partition coefficient (Wildman–Crippen LogP) is 4.86. The summed E-state index contributed by atoms with van der Waals surface area (Å²) < 4.78 is 34.0. The van der Waals surface area contributed by atoms with Gasteiger partial charge in [-0.2, -0.15) is 0 Å². The number of hydrogen-bond acceptors (Lipinski definition) is 7. The van der Waals surface area contributed by atoms with E-state index in [1.54, 1.807) is 31.2 Å². The van der Waals surface area contributed by atoms with Gasteiger partial charge >= 0.3 is 5.97 Å². The van der Waals surface area contributed by atoms with Gasteiger partial charge in [-0.05, 0) is 43.7 Å². The van der Waals surface area contributed by atoms with Crippen LogP contribution in [0.5, 0.6) is 0 Å². The molecule has 35 heavy (non-hydrogen) atoms. The molecule has 0 aliphatic heterocycles. The number of carbonyl (C=O) groups is 2. The molecule has 0 fully saturated rings. The molecular formula is C24H19F2N3O4S2. The van der Waals surface area contributed by atoms with E-state index in [-0.39, 0.29) is 27.5 Å². The third-order valence-corrected chi connectivity index (χ3v) is 7.32. The number of para-hydroxylation sites is 1. The van der Waals surface area contributed by atoms with Crippen LogP contribution in [0.2, 0.25) is 0 Å². The Morgan fingerprint density at radius 3 is 2.63 bits per heavy atom. The Balaban J connectivity index is 1.68. The molecule has 0 radical (unpaired) electrons. The highest BCUT2D eigenvalue weighted by Crippen LogP contribution is 2.33. The Bertz CT molecular complexity index is 1530. The van der Waals surface area contributed by atoms with Crippen molar-refractivity contribution in [3.8, 4) is 5.69 Å². The summed E-state index contributed by atoms with van der Waals surface area (Å²) in [6.45, 7) is 3.59. The number of rotatable bonds is 6. The maximum Gasteiger partial charge on any atom is 0.341 e. The number of benzene rings is 2. The number of methoxy groups -OCH3 is 1. The predicted molar refractivity (Wildman–Crippen MR) is 132 cm³/mol. The van der Waals surface area contributed by atoms with Crippen molar-refractivity contribution >= 4 is 50.9 Å². The number of thiophene rings is 1. The Kier molecular flexibility index (Phi) is 6.99. The monoisotopic (exact) mass is 515 g/mol. The van der Waals surface area contributed by atoms with Crippen molar-refractivity contribution in [3.05, 3.63) is 80.5 Å².